The molecule has 2 unspecified atom stereocenters. The summed E-state index contributed by atoms with van der Waals surface area (Å²) in [6.45, 7) is 9.38. The molecule has 2 atom stereocenters. The number of esters is 2. The summed E-state index contributed by atoms with van der Waals surface area (Å²) in [5.41, 5.74) is 0. The zero-order chi connectivity index (χ0) is 23.2. The van der Waals surface area contributed by atoms with E-state index in [9.17, 15) is 9.59 Å². The third-order valence-electron chi connectivity index (χ3n) is 5.58. The van der Waals surface area contributed by atoms with E-state index in [1.165, 1.54) is 76.0 Å². The van der Waals surface area contributed by atoms with Crippen LogP contribution < -0.4 is 0 Å². The minimum atomic E-state index is -0.291. The van der Waals surface area contributed by atoms with Crippen LogP contribution in [0.3, 0.4) is 0 Å². The molecule has 0 radical (unpaired) electrons. The van der Waals surface area contributed by atoms with Gasteiger partial charge in [0, 0.05) is 0 Å². The quantitative estimate of drug-likeness (QED) is 0.122. The summed E-state index contributed by atoms with van der Waals surface area (Å²) in [5, 5.41) is -0.582. The first-order chi connectivity index (χ1) is 15.1. The smallest absolute Gasteiger partial charge is 0.319 e. The number of carbonyl (C=O) groups is 2. The second-order valence-electron chi connectivity index (χ2n) is 8.51. The molecule has 0 aliphatic carbocycles. The first-order valence-electron chi connectivity index (χ1n) is 13.1. The highest BCUT2D eigenvalue weighted by Crippen LogP contribution is 2.25. The Bertz CT molecular complexity index is 390. The van der Waals surface area contributed by atoms with Crippen molar-refractivity contribution in [2.75, 3.05) is 13.2 Å². The Morgan fingerprint density at radius 3 is 1.19 bits per heavy atom. The van der Waals surface area contributed by atoms with E-state index >= 15 is 0 Å². The van der Waals surface area contributed by atoms with Crippen molar-refractivity contribution in [3.8, 4) is 0 Å². The predicted molar refractivity (Wildman–Crippen MR) is 134 cm³/mol. The van der Waals surface area contributed by atoms with Crippen LogP contribution in [0.2, 0.25) is 0 Å². The minimum Gasteiger partial charge on any atom is -0.465 e. The lowest BCUT2D eigenvalue weighted by atomic mass is 10.1. The molecule has 0 heterocycles. The van der Waals surface area contributed by atoms with Crippen molar-refractivity contribution in [2.45, 2.75) is 141 Å². The molecular weight excluding hydrogens is 408 g/mol. The van der Waals surface area contributed by atoms with E-state index in [2.05, 4.69) is 13.8 Å². The second kappa shape index (κ2) is 22.5. The summed E-state index contributed by atoms with van der Waals surface area (Å²) in [7, 11) is 0. The average Bonchev–Trinajstić information content (AvgIpc) is 2.77. The Morgan fingerprint density at radius 2 is 0.871 bits per heavy atom. The molecule has 0 aliphatic heterocycles. The van der Waals surface area contributed by atoms with Crippen LogP contribution in [0.15, 0.2) is 0 Å². The summed E-state index contributed by atoms with van der Waals surface area (Å²) in [6, 6.07) is 0. The molecule has 0 aromatic rings. The van der Waals surface area contributed by atoms with Crippen molar-refractivity contribution >= 4 is 23.7 Å². The Morgan fingerprint density at radius 1 is 0.548 bits per heavy atom. The molecule has 0 rings (SSSR count). The van der Waals surface area contributed by atoms with Crippen molar-refractivity contribution in [3.05, 3.63) is 0 Å². The molecule has 0 aromatic carbocycles. The summed E-state index contributed by atoms with van der Waals surface area (Å²) in [6.07, 6.45) is 18.1. The van der Waals surface area contributed by atoms with Gasteiger partial charge in [-0.1, -0.05) is 105 Å². The number of thioether (sulfide) groups is 1. The highest BCUT2D eigenvalue weighted by atomic mass is 32.2. The standard InChI is InChI=1S/C26H50O4S/c1-5-9-11-13-15-17-19-21-29-25(27)23(7-3)31-24(8-4)26(28)30-22-20-18-16-14-12-10-6-2/h23-24H,5-22H2,1-4H3. The van der Waals surface area contributed by atoms with E-state index in [0.717, 1.165) is 25.7 Å². The Balaban J connectivity index is 4.02. The molecule has 0 bridgehead atoms. The minimum absolute atomic E-state index is 0.184. The molecule has 0 aliphatic rings. The van der Waals surface area contributed by atoms with Gasteiger partial charge in [-0.15, -0.1) is 11.8 Å². The lowest BCUT2D eigenvalue weighted by Gasteiger charge is -2.19. The number of rotatable bonds is 22. The van der Waals surface area contributed by atoms with E-state index in [1.807, 2.05) is 13.8 Å². The van der Waals surface area contributed by atoms with E-state index in [4.69, 9.17) is 9.47 Å². The van der Waals surface area contributed by atoms with Crippen molar-refractivity contribution in [2.24, 2.45) is 0 Å². The van der Waals surface area contributed by atoms with Crippen LogP contribution in [0.4, 0.5) is 0 Å². The van der Waals surface area contributed by atoms with Gasteiger partial charge in [-0.05, 0) is 25.7 Å². The fourth-order valence-electron chi connectivity index (χ4n) is 3.48. The van der Waals surface area contributed by atoms with Crippen LogP contribution in [0.1, 0.15) is 130 Å². The Hall–Kier alpha value is -0.710. The maximum Gasteiger partial charge on any atom is 0.319 e. The number of ether oxygens (including phenoxy) is 2. The number of unbranched alkanes of at least 4 members (excludes halogenated alkanes) is 12. The van der Waals surface area contributed by atoms with Crippen LogP contribution in [0.25, 0.3) is 0 Å². The summed E-state index contributed by atoms with van der Waals surface area (Å²) in [4.78, 5) is 24.9. The molecule has 31 heavy (non-hydrogen) atoms. The van der Waals surface area contributed by atoms with Crippen molar-refractivity contribution in [1.29, 1.82) is 0 Å². The lowest BCUT2D eigenvalue weighted by Crippen LogP contribution is -2.28. The molecule has 4 nitrogen and oxygen atoms in total. The molecule has 5 heteroatoms. The summed E-state index contributed by atoms with van der Waals surface area (Å²) >= 11 is 1.41. The molecule has 0 spiro atoms. The van der Waals surface area contributed by atoms with Gasteiger partial charge >= 0.3 is 11.9 Å². The Labute approximate surface area is 197 Å². The zero-order valence-corrected chi connectivity index (χ0v) is 21.7. The first-order valence-corrected chi connectivity index (χ1v) is 14.0. The monoisotopic (exact) mass is 458 g/mol. The maximum absolute atomic E-state index is 12.4. The van der Waals surface area contributed by atoms with Crippen LogP contribution in [-0.2, 0) is 19.1 Å². The van der Waals surface area contributed by atoms with Crippen LogP contribution in [-0.4, -0.2) is 35.7 Å². The largest absolute Gasteiger partial charge is 0.465 e. The van der Waals surface area contributed by atoms with E-state index < -0.39 is 0 Å². The van der Waals surface area contributed by atoms with Gasteiger partial charge in [0.1, 0.15) is 10.5 Å². The van der Waals surface area contributed by atoms with E-state index in [0.29, 0.717) is 26.1 Å². The molecule has 0 saturated carbocycles. The highest BCUT2D eigenvalue weighted by Gasteiger charge is 2.27. The van der Waals surface area contributed by atoms with Gasteiger partial charge < -0.3 is 9.47 Å². The van der Waals surface area contributed by atoms with Gasteiger partial charge in [0.05, 0.1) is 13.2 Å². The van der Waals surface area contributed by atoms with Gasteiger partial charge in [0.25, 0.3) is 0 Å². The normalized spacial score (nSPS) is 13.0. The summed E-state index contributed by atoms with van der Waals surface area (Å²) in [5.74, 6) is -0.367. The third-order valence-corrected chi connectivity index (χ3v) is 7.29. The van der Waals surface area contributed by atoms with Crippen LogP contribution >= 0.6 is 11.8 Å². The predicted octanol–water partition coefficient (Wildman–Crippen LogP) is 7.86. The van der Waals surface area contributed by atoms with Gasteiger partial charge in [-0.25, -0.2) is 0 Å². The topological polar surface area (TPSA) is 52.6 Å². The Kier molecular flexibility index (Phi) is 22.0. The third kappa shape index (κ3) is 17.5. The van der Waals surface area contributed by atoms with Crippen molar-refractivity contribution in [3.63, 3.8) is 0 Å². The van der Waals surface area contributed by atoms with E-state index in [-0.39, 0.29) is 22.4 Å². The molecule has 0 saturated heterocycles. The fraction of sp³-hybridized carbons (Fsp3) is 0.923. The molecule has 0 amide bonds. The first kappa shape index (κ1) is 30.3. The number of carbonyl (C=O) groups excluding carboxylic acids is 2. The fourth-order valence-corrected chi connectivity index (χ4v) is 4.62. The summed E-state index contributed by atoms with van der Waals surface area (Å²) < 4.78 is 11.0. The molecule has 184 valence electrons. The zero-order valence-electron chi connectivity index (χ0n) is 20.9. The lowest BCUT2D eigenvalue weighted by molar-refractivity contribution is -0.143. The number of hydrogen-bond acceptors (Lipinski definition) is 5. The highest BCUT2D eigenvalue weighted by molar-refractivity contribution is 8.01. The van der Waals surface area contributed by atoms with Crippen molar-refractivity contribution < 1.29 is 19.1 Å². The van der Waals surface area contributed by atoms with Crippen LogP contribution in [0.5, 0.6) is 0 Å². The number of hydrogen-bond donors (Lipinski definition) is 0. The molecular formula is C26H50O4S. The molecule has 0 fully saturated rings. The maximum atomic E-state index is 12.4. The van der Waals surface area contributed by atoms with Gasteiger partial charge in [0.2, 0.25) is 0 Å². The van der Waals surface area contributed by atoms with E-state index in [1.54, 1.807) is 0 Å². The van der Waals surface area contributed by atoms with Gasteiger partial charge in [-0.2, -0.15) is 0 Å². The average molecular weight is 459 g/mol. The van der Waals surface area contributed by atoms with Crippen molar-refractivity contribution in [1.82, 2.24) is 0 Å². The second-order valence-corrected chi connectivity index (χ2v) is 9.92. The van der Waals surface area contributed by atoms with Gasteiger partial charge in [0.15, 0.2) is 0 Å². The van der Waals surface area contributed by atoms with Crippen LogP contribution in [0, 0.1) is 0 Å². The van der Waals surface area contributed by atoms with Gasteiger partial charge in [-0.3, -0.25) is 9.59 Å². The SMILES string of the molecule is CCCCCCCCCOC(=O)C(CC)SC(CC)C(=O)OCCCCCCCCC. The molecule has 0 N–H and O–H groups in total. The molecule has 0 aromatic heterocycles.